The molecule has 0 aliphatic rings. The fourth-order valence-electron chi connectivity index (χ4n) is 1.82. The second-order valence-electron chi connectivity index (χ2n) is 5.48. The zero-order chi connectivity index (χ0) is 15.1. The summed E-state index contributed by atoms with van der Waals surface area (Å²) in [5.74, 6) is 0.0763. The lowest BCUT2D eigenvalue weighted by Gasteiger charge is -2.24. The average molecular weight is 287 g/mol. The van der Waals surface area contributed by atoms with E-state index in [0.717, 1.165) is 24.8 Å². The molecule has 1 amide bonds. The molecular formula is C15H27ClN2O. The molecule has 0 aliphatic carbocycles. The maximum absolute atomic E-state index is 12.1. The molecule has 0 fully saturated rings. The summed E-state index contributed by atoms with van der Waals surface area (Å²) in [6, 6.07) is -0.0406. The van der Waals surface area contributed by atoms with E-state index in [1.54, 1.807) is 0 Å². The van der Waals surface area contributed by atoms with E-state index in [2.05, 4.69) is 12.2 Å². The predicted molar refractivity (Wildman–Crippen MR) is 82.8 cm³/mol. The molecule has 0 heterocycles. The van der Waals surface area contributed by atoms with E-state index in [1.165, 1.54) is 0 Å². The Morgan fingerprint density at radius 3 is 2.42 bits per heavy atom. The Labute approximate surface area is 122 Å². The van der Waals surface area contributed by atoms with Crippen LogP contribution in [0.3, 0.4) is 0 Å². The summed E-state index contributed by atoms with van der Waals surface area (Å²) in [6.07, 6.45) is 6.43. The molecular weight excluding hydrogens is 260 g/mol. The van der Waals surface area contributed by atoms with Gasteiger partial charge in [0.2, 0.25) is 5.91 Å². The minimum atomic E-state index is -0.328. The van der Waals surface area contributed by atoms with Gasteiger partial charge in [-0.15, -0.1) is 0 Å². The highest BCUT2D eigenvalue weighted by Crippen LogP contribution is 2.22. The van der Waals surface area contributed by atoms with Crippen molar-refractivity contribution in [3.8, 4) is 0 Å². The highest BCUT2D eigenvalue weighted by atomic mass is 35.5. The van der Waals surface area contributed by atoms with E-state index >= 15 is 0 Å². The minimum absolute atomic E-state index is 0.0406. The fraction of sp³-hybridized carbons (Fsp3) is 0.667. The van der Waals surface area contributed by atoms with E-state index in [4.69, 9.17) is 17.3 Å². The molecule has 4 heteroatoms. The first-order chi connectivity index (χ1) is 8.74. The van der Waals surface area contributed by atoms with Gasteiger partial charge < -0.3 is 11.1 Å². The number of nitrogens with two attached hydrogens (primary N) is 1. The third-order valence-corrected chi connectivity index (χ3v) is 3.36. The summed E-state index contributed by atoms with van der Waals surface area (Å²) in [5, 5.41) is 3.30. The van der Waals surface area contributed by atoms with Gasteiger partial charge >= 0.3 is 0 Å². The Bertz CT molecular complexity index is 355. The van der Waals surface area contributed by atoms with Crippen molar-refractivity contribution in [1.82, 2.24) is 5.32 Å². The van der Waals surface area contributed by atoms with E-state index < -0.39 is 0 Å². The Morgan fingerprint density at radius 1 is 1.42 bits per heavy atom. The quantitative estimate of drug-likeness (QED) is 0.554. The Hall–Kier alpha value is -0.960. The zero-order valence-corrected chi connectivity index (χ0v) is 13.5. The summed E-state index contributed by atoms with van der Waals surface area (Å²) in [5.41, 5.74) is 6.11. The van der Waals surface area contributed by atoms with Crippen LogP contribution in [0.4, 0.5) is 0 Å². The molecule has 19 heavy (non-hydrogen) atoms. The molecule has 0 aliphatic heterocycles. The Kier molecular flexibility index (Phi) is 7.84. The van der Waals surface area contributed by atoms with Crippen LogP contribution in [0.2, 0.25) is 0 Å². The average Bonchev–Trinajstić information content (AvgIpc) is 2.29. The van der Waals surface area contributed by atoms with Crippen molar-refractivity contribution in [1.29, 1.82) is 0 Å². The van der Waals surface area contributed by atoms with Gasteiger partial charge in [-0.1, -0.05) is 57.9 Å². The smallest absolute Gasteiger partial charge is 0.226 e. The number of hydrogen-bond acceptors (Lipinski definition) is 2. The highest BCUT2D eigenvalue weighted by molar-refractivity contribution is 6.29. The van der Waals surface area contributed by atoms with Crippen LogP contribution in [0, 0.1) is 5.41 Å². The second kappa shape index (κ2) is 8.26. The molecule has 0 radical (unpaired) electrons. The molecule has 0 rings (SSSR count). The van der Waals surface area contributed by atoms with Crippen LogP contribution in [0.15, 0.2) is 22.9 Å². The molecule has 3 N–H and O–H groups in total. The van der Waals surface area contributed by atoms with Gasteiger partial charge in [0.05, 0.1) is 0 Å². The summed E-state index contributed by atoms with van der Waals surface area (Å²) >= 11 is 5.77. The van der Waals surface area contributed by atoms with Crippen molar-refractivity contribution >= 4 is 17.5 Å². The topological polar surface area (TPSA) is 55.1 Å². The van der Waals surface area contributed by atoms with Gasteiger partial charge in [0.1, 0.15) is 5.16 Å². The Balaban J connectivity index is 4.55. The van der Waals surface area contributed by atoms with Crippen molar-refractivity contribution in [3.63, 3.8) is 0 Å². The van der Waals surface area contributed by atoms with Gasteiger partial charge in [0, 0.05) is 11.5 Å². The lowest BCUT2D eigenvalue weighted by Crippen LogP contribution is -2.40. The maximum atomic E-state index is 12.1. The van der Waals surface area contributed by atoms with Crippen LogP contribution < -0.4 is 11.1 Å². The van der Waals surface area contributed by atoms with E-state index in [-0.39, 0.29) is 17.4 Å². The number of halogens is 1. The first-order valence-corrected chi connectivity index (χ1v) is 7.25. The third-order valence-electron chi connectivity index (χ3n) is 3.12. The van der Waals surface area contributed by atoms with Gasteiger partial charge in [0.15, 0.2) is 0 Å². The Morgan fingerprint density at radius 2 is 2.00 bits per heavy atom. The number of carbonyl (C=O) groups is 1. The fourth-order valence-corrected chi connectivity index (χ4v) is 2.01. The lowest BCUT2D eigenvalue weighted by atomic mass is 9.87. The van der Waals surface area contributed by atoms with Crippen LogP contribution in [0.25, 0.3) is 0 Å². The van der Waals surface area contributed by atoms with Gasteiger partial charge in [-0.2, -0.15) is 0 Å². The summed E-state index contributed by atoms with van der Waals surface area (Å²) in [6.45, 7) is 9.95. The summed E-state index contributed by atoms with van der Waals surface area (Å²) < 4.78 is 0. The normalized spacial score (nSPS) is 15.3. The molecule has 3 nitrogen and oxygen atoms in total. The third kappa shape index (κ3) is 6.67. The number of hydrogen-bond donors (Lipinski definition) is 2. The van der Waals surface area contributed by atoms with Gasteiger partial charge in [-0.3, -0.25) is 4.79 Å². The van der Waals surface area contributed by atoms with Crippen molar-refractivity contribution in [2.75, 3.05) is 0 Å². The SMILES string of the molecule is CCCC(C)(C)C(=O)NC(C)/C=C\C(CC)=C(/N)Cl. The van der Waals surface area contributed by atoms with Gasteiger partial charge in [0.25, 0.3) is 0 Å². The molecule has 0 saturated heterocycles. The number of amides is 1. The highest BCUT2D eigenvalue weighted by Gasteiger charge is 2.26. The maximum Gasteiger partial charge on any atom is 0.226 e. The number of rotatable bonds is 7. The second-order valence-corrected chi connectivity index (χ2v) is 5.89. The van der Waals surface area contributed by atoms with Crippen molar-refractivity contribution < 1.29 is 4.79 Å². The molecule has 110 valence electrons. The van der Waals surface area contributed by atoms with Crippen molar-refractivity contribution in [2.45, 2.75) is 59.9 Å². The van der Waals surface area contributed by atoms with E-state index in [0.29, 0.717) is 5.16 Å². The first kappa shape index (κ1) is 18.0. The lowest BCUT2D eigenvalue weighted by molar-refractivity contribution is -0.130. The van der Waals surface area contributed by atoms with Crippen LogP contribution in [-0.2, 0) is 4.79 Å². The monoisotopic (exact) mass is 286 g/mol. The summed E-state index contributed by atoms with van der Waals surface area (Å²) in [4.78, 5) is 12.1. The molecule has 0 aromatic rings. The molecule has 1 atom stereocenters. The van der Waals surface area contributed by atoms with Gasteiger partial charge in [-0.25, -0.2) is 0 Å². The molecule has 0 aromatic heterocycles. The molecule has 1 unspecified atom stereocenters. The molecule has 0 spiro atoms. The van der Waals surface area contributed by atoms with Crippen LogP contribution in [0.1, 0.15) is 53.9 Å². The van der Waals surface area contributed by atoms with E-state index in [9.17, 15) is 4.79 Å². The van der Waals surface area contributed by atoms with Crippen molar-refractivity contribution in [2.24, 2.45) is 11.1 Å². The zero-order valence-electron chi connectivity index (χ0n) is 12.7. The number of nitrogens with one attached hydrogen (secondary N) is 1. The first-order valence-electron chi connectivity index (χ1n) is 6.87. The predicted octanol–water partition coefficient (Wildman–Crippen LogP) is 3.69. The van der Waals surface area contributed by atoms with Crippen LogP contribution in [0.5, 0.6) is 0 Å². The number of allylic oxidation sites excluding steroid dienone is 2. The minimum Gasteiger partial charge on any atom is -0.389 e. The standard InChI is InChI=1S/C15H27ClN2O/c1-6-10-15(4,5)14(19)18-11(3)8-9-12(7-2)13(16)17/h8-9,11H,6-7,10,17H2,1-5H3,(H,18,19)/b9-8-,13-12-. The number of carbonyl (C=O) groups excluding carboxylic acids is 1. The molecule has 0 aromatic carbocycles. The summed E-state index contributed by atoms with van der Waals surface area (Å²) in [7, 11) is 0. The molecule has 0 saturated carbocycles. The van der Waals surface area contributed by atoms with E-state index in [1.807, 2.05) is 39.8 Å². The van der Waals surface area contributed by atoms with Crippen LogP contribution >= 0.6 is 11.6 Å². The van der Waals surface area contributed by atoms with Crippen LogP contribution in [-0.4, -0.2) is 11.9 Å². The molecule has 0 bridgehead atoms. The largest absolute Gasteiger partial charge is 0.389 e. The van der Waals surface area contributed by atoms with Crippen molar-refractivity contribution in [3.05, 3.63) is 22.9 Å². The van der Waals surface area contributed by atoms with Gasteiger partial charge in [-0.05, 0) is 25.3 Å².